The van der Waals surface area contributed by atoms with Gasteiger partial charge < -0.3 is 15.7 Å². The van der Waals surface area contributed by atoms with Crippen LogP contribution in [-0.2, 0) is 4.79 Å². The summed E-state index contributed by atoms with van der Waals surface area (Å²) in [5, 5.41) is 15.6. The fourth-order valence-corrected chi connectivity index (χ4v) is 2.45. The second-order valence-corrected chi connectivity index (χ2v) is 5.10. The average molecular weight is 242 g/mol. The number of carbonyl (C=O) groups is 1. The average Bonchev–Trinajstić information content (AvgIpc) is 2.38. The molecule has 0 bridgehead atoms. The topological polar surface area (TPSA) is 61.4 Å². The normalized spacial score (nSPS) is 18.9. The molecule has 0 aromatic rings. The molecule has 1 amide bonds. The summed E-state index contributed by atoms with van der Waals surface area (Å²) >= 11 is 0. The number of nitrogens with one attached hydrogen (secondary N) is 2. The molecule has 1 aliphatic rings. The summed E-state index contributed by atoms with van der Waals surface area (Å²) in [4.78, 5) is 11.6. The predicted octanol–water partition coefficient (Wildman–Crippen LogP) is 1.04. The van der Waals surface area contributed by atoms with Crippen molar-refractivity contribution >= 4 is 5.91 Å². The van der Waals surface area contributed by atoms with Gasteiger partial charge in [-0.15, -0.1) is 0 Å². The Morgan fingerprint density at radius 2 is 2.00 bits per heavy atom. The smallest absolute Gasteiger partial charge is 0.221 e. The quantitative estimate of drug-likeness (QED) is 0.585. The Kier molecular flexibility index (Phi) is 6.52. The van der Waals surface area contributed by atoms with E-state index in [-0.39, 0.29) is 17.9 Å². The molecule has 0 atom stereocenters. The molecule has 0 spiro atoms. The molecule has 17 heavy (non-hydrogen) atoms. The first-order chi connectivity index (χ1) is 8.22. The summed E-state index contributed by atoms with van der Waals surface area (Å²) in [6, 6.07) is 0. The maximum absolute atomic E-state index is 11.6. The van der Waals surface area contributed by atoms with Crippen LogP contribution in [0.3, 0.4) is 0 Å². The molecule has 0 radical (unpaired) electrons. The van der Waals surface area contributed by atoms with Gasteiger partial charge in [-0.2, -0.15) is 0 Å². The predicted molar refractivity (Wildman–Crippen MR) is 68.8 cm³/mol. The van der Waals surface area contributed by atoms with Crippen molar-refractivity contribution in [2.75, 3.05) is 26.2 Å². The van der Waals surface area contributed by atoms with Crippen LogP contribution in [0.5, 0.6) is 0 Å². The lowest BCUT2D eigenvalue weighted by atomic mass is 9.74. The van der Waals surface area contributed by atoms with Gasteiger partial charge in [0.15, 0.2) is 0 Å². The van der Waals surface area contributed by atoms with E-state index < -0.39 is 0 Å². The summed E-state index contributed by atoms with van der Waals surface area (Å²) in [7, 11) is 0. The third kappa shape index (κ3) is 5.04. The zero-order valence-electron chi connectivity index (χ0n) is 10.9. The van der Waals surface area contributed by atoms with Gasteiger partial charge in [0.2, 0.25) is 5.91 Å². The number of aliphatic hydroxyl groups excluding tert-OH is 1. The molecule has 1 aliphatic carbocycles. The lowest BCUT2D eigenvalue weighted by Gasteiger charge is -2.35. The molecule has 0 heterocycles. The number of amides is 1. The number of aliphatic hydroxyl groups is 1. The molecule has 1 saturated carbocycles. The third-order valence-electron chi connectivity index (χ3n) is 3.69. The van der Waals surface area contributed by atoms with Gasteiger partial charge in [0.25, 0.3) is 0 Å². The van der Waals surface area contributed by atoms with Crippen molar-refractivity contribution in [1.29, 1.82) is 0 Å². The van der Waals surface area contributed by atoms with Gasteiger partial charge in [-0.25, -0.2) is 0 Å². The summed E-state index contributed by atoms with van der Waals surface area (Å²) in [5.74, 6) is 0.0874. The van der Waals surface area contributed by atoms with Crippen LogP contribution >= 0.6 is 0 Å². The van der Waals surface area contributed by atoms with Crippen LogP contribution in [0.25, 0.3) is 0 Å². The fraction of sp³-hybridized carbons (Fsp3) is 0.923. The minimum absolute atomic E-state index is 0.0495. The van der Waals surface area contributed by atoms with Crippen LogP contribution in [0.15, 0.2) is 0 Å². The summed E-state index contributed by atoms with van der Waals surface area (Å²) in [6.07, 6.45) is 6.21. The number of hydrogen-bond acceptors (Lipinski definition) is 3. The monoisotopic (exact) mass is 242 g/mol. The molecule has 4 heteroatoms. The lowest BCUT2D eigenvalue weighted by Crippen LogP contribution is -2.42. The molecule has 0 aromatic heterocycles. The van der Waals surface area contributed by atoms with E-state index in [1.54, 1.807) is 0 Å². The van der Waals surface area contributed by atoms with E-state index in [1.807, 2.05) is 6.92 Å². The first-order valence-corrected chi connectivity index (χ1v) is 6.81. The zero-order valence-corrected chi connectivity index (χ0v) is 10.9. The van der Waals surface area contributed by atoms with E-state index in [0.29, 0.717) is 13.0 Å². The Hall–Kier alpha value is -0.610. The number of hydrogen-bond donors (Lipinski definition) is 3. The van der Waals surface area contributed by atoms with Gasteiger partial charge in [0, 0.05) is 24.9 Å². The highest BCUT2D eigenvalue weighted by atomic mass is 16.3. The van der Waals surface area contributed by atoms with Crippen LogP contribution in [-0.4, -0.2) is 37.3 Å². The molecule has 4 nitrogen and oxygen atoms in total. The van der Waals surface area contributed by atoms with E-state index in [9.17, 15) is 9.90 Å². The molecular weight excluding hydrogens is 216 g/mol. The highest BCUT2D eigenvalue weighted by Crippen LogP contribution is 2.35. The molecule has 0 saturated heterocycles. The molecular formula is C13H26N2O2. The maximum atomic E-state index is 11.6. The van der Waals surface area contributed by atoms with Crippen LogP contribution in [0, 0.1) is 5.41 Å². The van der Waals surface area contributed by atoms with Crippen molar-refractivity contribution in [3.63, 3.8) is 0 Å². The molecule has 1 rings (SSSR count). The van der Waals surface area contributed by atoms with Gasteiger partial charge in [-0.1, -0.05) is 26.2 Å². The van der Waals surface area contributed by atoms with Gasteiger partial charge in [-0.05, 0) is 19.4 Å². The van der Waals surface area contributed by atoms with Gasteiger partial charge in [0.05, 0.1) is 6.61 Å². The standard InChI is InChI=1S/C13H26N2O2/c1-2-14-9-6-12(17)15-10-13(11-16)7-4-3-5-8-13/h14,16H,2-11H2,1H3,(H,15,17). The fourth-order valence-electron chi connectivity index (χ4n) is 2.45. The van der Waals surface area contributed by atoms with Crippen molar-refractivity contribution in [2.24, 2.45) is 5.41 Å². The molecule has 0 unspecified atom stereocenters. The van der Waals surface area contributed by atoms with Crippen LogP contribution in [0.1, 0.15) is 45.4 Å². The lowest BCUT2D eigenvalue weighted by molar-refractivity contribution is -0.121. The molecule has 1 fully saturated rings. The van der Waals surface area contributed by atoms with Gasteiger partial charge >= 0.3 is 0 Å². The van der Waals surface area contributed by atoms with E-state index >= 15 is 0 Å². The maximum Gasteiger partial charge on any atom is 0.221 e. The van der Waals surface area contributed by atoms with Gasteiger partial charge in [-0.3, -0.25) is 4.79 Å². The van der Waals surface area contributed by atoms with Crippen molar-refractivity contribution in [1.82, 2.24) is 10.6 Å². The first kappa shape index (κ1) is 14.5. The Balaban J connectivity index is 2.24. The highest BCUT2D eigenvalue weighted by molar-refractivity contribution is 5.76. The van der Waals surface area contributed by atoms with Crippen molar-refractivity contribution in [3.05, 3.63) is 0 Å². The number of carbonyl (C=O) groups excluding carboxylic acids is 1. The van der Waals surface area contributed by atoms with Gasteiger partial charge in [0.1, 0.15) is 0 Å². The number of rotatable bonds is 7. The van der Waals surface area contributed by atoms with Crippen molar-refractivity contribution < 1.29 is 9.90 Å². The molecule has 0 aliphatic heterocycles. The Bertz CT molecular complexity index is 225. The van der Waals surface area contributed by atoms with Crippen molar-refractivity contribution in [2.45, 2.75) is 45.4 Å². The van der Waals surface area contributed by atoms with E-state index in [1.165, 1.54) is 19.3 Å². The Labute approximate surface area is 104 Å². The first-order valence-electron chi connectivity index (χ1n) is 6.81. The summed E-state index contributed by atoms with van der Waals surface area (Å²) < 4.78 is 0. The summed E-state index contributed by atoms with van der Waals surface area (Å²) in [5.41, 5.74) is -0.0495. The SMILES string of the molecule is CCNCCC(=O)NCC1(CO)CCCCC1. The van der Waals surface area contributed by atoms with Crippen LogP contribution in [0.4, 0.5) is 0 Å². The third-order valence-corrected chi connectivity index (χ3v) is 3.69. The minimum atomic E-state index is -0.0495. The Morgan fingerprint density at radius 3 is 2.59 bits per heavy atom. The van der Waals surface area contributed by atoms with Crippen molar-refractivity contribution in [3.8, 4) is 0 Å². The van der Waals surface area contributed by atoms with E-state index in [0.717, 1.165) is 25.9 Å². The van der Waals surface area contributed by atoms with Crippen LogP contribution in [0.2, 0.25) is 0 Å². The second-order valence-electron chi connectivity index (χ2n) is 5.10. The molecule has 3 N–H and O–H groups in total. The molecule has 0 aromatic carbocycles. The Morgan fingerprint density at radius 1 is 1.29 bits per heavy atom. The zero-order chi connectivity index (χ0) is 12.6. The van der Waals surface area contributed by atoms with E-state index in [2.05, 4.69) is 10.6 Å². The minimum Gasteiger partial charge on any atom is -0.396 e. The van der Waals surface area contributed by atoms with E-state index in [4.69, 9.17) is 0 Å². The summed E-state index contributed by atoms with van der Waals surface area (Å²) in [6.45, 7) is 4.48. The second kappa shape index (κ2) is 7.67. The molecule has 100 valence electrons. The van der Waals surface area contributed by atoms with Crippen LogP contribution < -0.4 is 10.6 Å². The highest BCUT2D eigenvalue weighted by Gasteiger charge is 2.31. The largest absolute Gasteiger partial charge is 0.396 e.